The molecular formula is C33H18N12O3. The van der Waals surface area contributed by atoms with Crippen LogP contribution >= 0.6 is 0 Å². The average Bonchev–Trinajstić information content (AvgIpc) is 3.18. The molecule has 7 rings (SSSR count). The summed E-state index contributed by atoms with van der Waals surface area (Å²) in [5.41, 5.74) is 4.93. The Bertz CT molecular complexity index is 1980. The summed E-state index contributed by atoms with van der Waals surface area (Å²) < 4.78 is 0. The van der Waals surface area contributed by atoms with Crippen LogP contribution in [0.1, 0.15) is 31.1 Å². The van der Waals surface area contributed by atoms with Gasteiger partial charge in [-0.15, -0.1) is 61.2 Å². The predicted octanol–water partition coefficient (Wildman–Crippen LogP) is 3.87. The molecule has 0 aliphatic carbocycles. The predicted molar refractivity (Wildman–Crippen MR) is 169 cm³/mol. The molecule has 0 unspecified atom stereocenters. The summed E-state index contributed by atoms with van der Waals surface area (Å²) in [6.45, 7) is 0. The fraction of sp³-hybridized carbons (Fsp3) is 0. The van der Waals surface area contributed by atoms with E-state index in [2.05, 4.69) is 61.2 Å². The fourth-order valence-corrected chi connectivity index (χ4v) is 4.53. The van der Waals surface area contributed by atoms with Gasteiger partial charge in [0.1, 0.15) is 18.9 Å². The highest BCUT2D eigenvalue weighted by molar-refractivity contribution is 5.78. The highest BCUT2D eigenvalue weighted by Crippen LogP contribution is 2.29. The average molecular weight is 631 g/mol. The van der Waals surface area contributed by atoms with Crippen molar-refractivity contribution < 1.29 is 14.4 Å². The van der Waals surface area contributed by atoms with Gasteiger partial charge < -0.3 is 0 Å². The Morgan fingerprint density at radius 3 is 0.646 bits per heavy atom. The van der Waals surface area contributed by atoms with Gasteiger partial charge in [-0.3, -0.25) is 14.4 Å². The summed E-state index contributed by atoms with van der Waals surface area (Å²) in [5, 5.41) is 51.1. The molecule has 3 heterocycles. The van der Waals surface area contributed by atoms with E-state index in [0.717, 1.165) is 18.9 Å². The molecule has 48 heavy (non-hydrogen) atoms. The first-order valence-corrected chi connectivity index (χ1v) is 14.2. The van der Waals surface area contributed by atoms with Crippen LogP contribution in [0.15, 0.2) is 91.0 Å². The topological polar surface area (TPSA) is 206 Å². The third-order valence-electron chi connectivity index (χ3n) is 7.06. The minimum atomic E-state index is 0.187. The first-order valence-electron chi connectivity index (χ1n) is 14.2. The number of rotatable bonds is 9. The van der Waals surface area contributed by atoms with E-state index in [-0.39, 0.29) is 34.9 Å². The molecule has 0 saturated heterocycles. The van der Waals surface area contributed by atoms with E-state index in [1.54, 1.807) is 91.0 Å². The first-order chi connectivity index (χ1) is 23.6. The molecule has 0 aliphatic rings. The number of carbonyl (C=O) groups is 3. The maximum atomic E-state index is 11.0. The van der Waals surface area contributed by atoms with Crippen molar-refractivity contribution in [2.75, 3.05) is 0 Å². The minimum Gasteiger partial charge on any atom is -0.298 e. The van der Waals surface area contributed by atoms with Crippen LogP contribution in [0.5, 0.6) is 0 Å². The lowest BCUT2D eigenvalue weighted by Gasteiger charge is -2.08. The van der Waals surface area contributed by atoms with Gasteiger partial charge in [0.15, 0.2) is 0 Å². The van der Waals surface area contributed by atoms with E-state index in [1.165, 1.54) is 0 Å². The summed E-state index contributed by atoms with van der Waals surface area (Å²) in [6, 6.07) is 25.3. The smallest absolute Gasteiger partial charge is 0.203 e. The van der Waals surface area contributed by atoms with Gasteiger partial charge in [0, 0.05) is 50.1 Å². The number of hydrogen-bond donors (Lipinski definition) is 0. The Morgan fingerprint density at radius 2 is 0.458 bits per heavy atom. The van der Waals surface area contributed by atoms with Crippen molar-refractivity contribution in [1.82, 2.24) is 61.2 Å². The van der Waals surface area contributed by atoms with Gasteiger partial charge in [0.2, 0.25) is 34.9 Å². The molecule has 15 heteroatoms. The summed E-state index contributed by atoms with van der Waals surface area (Å²) in [5.74, 6) is 1.38. The summed E-state index contributed by atoms with van der Waals surface area (Å²) >= 11 is 0. The van der Waals surface area contributed by atoms with Crippen LogP contribution in [-0.4, -0.2) is 80.0 Å². The maximum Gasteiger partial charge on any atom is 0.203 e. The van der Waals surface area contributed by atoms with Gasteiger partial charge in [-0.2, -0.15) is 0 Å². The number of hydrogen-bond acceptors (Lipinski definition) is 15. The number of nitrogens with zero attached hydrogens (tertiary/aromatic N) is 12. The number of aldehydes is 3. The Morgan fingerprint density at radius 1 is 0.271 bits per heavy atom. The van der Waals surface area contributed by atoms with Crippen molar-refractivity contribution in [3.05, 3.63) is 108 Å². The van der Waals surface area contributed by atoms with Crippen molar-refractivity contribution in [3.8, 4) is 68.3 Å². The molecule has 0 aliphatic heterocycles. The molecule has 3 aromatic heterocycles. The lowest BCUT2D eigenvalue weighted by molar-refractivity contribution is 0.111. The van der Waals surface area contributed by atoms with Gasteiger partial charge in [-0.25, -0.2) is 0 Å². The second kappa shape index (κ2) is 13.0. The van der Waals surface area contributed by atoms with Gasteiger partial charge in [-0.05, 0) is 18.2 Å². The van der Waals surface area contributed by atoms with Crippen LogP contribution in [-0.2, 0) is 0 Å². The zero-order chi connectivity index (χ0) is 32.9. The Kier molecular flexibility index (Phi) is 7.96. The summed E-state index contributed by atoms with van der Waals surface area (Å²) in [7, 11) is 0. The van der Waals surface area contributed by atoms with Crippen molar-refractivity contribution in [3.63, 3.8) is 0 Å². The summed E-state index contributed by atoms with van der Waals surface area (Å²) in [6.07, 6.45) is 2.24. The summed E-state index contributed by atoms with van der Waals surface area (Å²) in [4.78, 5) is 33.0. The molecule has 228 valence electrons. The molecule has 0 spiro atoms. The zero-order valence-corrected chi connectivity index (χ0v) is 24.5. The number of aromatic nitrogens is 12. The first kappa shape index (κ1) is 29.4. The van der Waals surface area contributed by atoms with Crippen LogP contribution in [0.3, 0.4) is 0 Å². The molecule has 0 bridgehead atoms. The van der Waals surface area contributed by atoms with Crippen molar-refractivity contribution in [2.24, 2.45) is 0 Å². The van der Waals surface area contributed by atoms with Crippen LogP contribution in [0, 0.1) is 0 Å². The van der Waals surface area contributed by atoms with E-state index in [0.29, 0.717) is 50.1 Å². The number of carbonyl (C=O) groups excluding carboxylic acids is 3. The molecule has 0 saturated carbocycles. The van der Waals surface area contributed by atoms with Gasteiger partial charge >= 0.3 is 0 Å². The normalized spacial score (nSPS) is 10.8. The molecule has 4 aromatic carbocycles. The van der Waals surface area contributed by atoms with Crippen LogP contribution in [0.25, 0.3) is 68.3 Å². The third-order valence-corrected chi connectivity index (χ3v) is 7.06. The molecule has 0 radical (unpaired) electrons. The minimum absolute atomic E-state index is 0.187. The highest BCUT2D eigenvalue weighted by atomic mass is 16.1. The lowest BCUT2D eigenvalue weighted by atomic mass is 10.0. The van der Waals surface area contributed by atoms with Gasteiger partial charge in [-0.1, -0.05) is 72.8 Å². The van der Waals surface area contributed by atoms with Crippen molar-refractivity contribution >= 4 is 18.9 Å². The molecule has 0 atom stereocenters. The van der Waals surface area contributed by atoms with E-state index in [4.69, 9.17) is 0 Å². The number of benzene rings is 4. The Hall–Kier alpha value is -7.29. The second-order valence-corrected chi connectivity index (χ2v) is 10.2. The molecule has 0 amide bonds. The SMILES string of the molecule is O=Cc1ccc(-c2nnc(-c3cc(-c4nnc(-c5ccc(C=O)cc5)nn4)cc(-c4nnc(-c5ccc(C=O)cc5)nn4)c3)nn2)cc1. The third kappa shape index (κ3) is 6.14. The molecule has 0 fully saturated rings. The van der Waals surface area contributed by atoms with Gasteiger partial charge in [0.25, 0.3) is 0 Å². The largest absolute Gasteiger partial charge is 0.298 e. The van der Waals surface area contributed by atoms with E-state index in [9.17, 15) is 14.4 Å². The molecule has 15 nitrogen and oxygen atoms in total. The van der Waals surface area contributed by atoms with Crippen LogP contribution in [0.2, 0.25) is 0 Å². The van der Waals surface area contributed by atoms with E-state index < -0.39 is 0 Å². The monoisotopic (exact) mass is 630 g/mol. The van der Waals surface area contributed by atoms with Crippen LogP contribution < -0.4 is 0 Å². The highest BCUT2D eigenvalue weighted by Gasteiger charge is 2.16. The second-order valence-electron chi connectivity index (χ2n) is 10.2. The quantitative estimate of drug-likeness (QED) is 0.208. The van der Waals surface area contributed by atoms with Crippen LogP contribution in [0.4, 0.5) is 0 Å². The standard InChI is InChI=1S/C33H18N12O3/c46-16-19-1-7-22(8-2-19)28-34-40-31(41-35-28)25-13-26(32-42-36-29(37-43-32)23-9-3-20(17-47)4-10-23)15-27(14-25)33-44-38-30(39-45-33)24-11-5-21(18-48)6-12-24/h1-18H. The molecule has 7 aromatic rings. The Labute approximate surface area is 270 Å². The van der Waals surface area contributed by atoms with Crippen molar-refractivity contribution in [1.29, 1.82) is 0 Å². The maximum absolute atomic E-state index is 11.0. The Balaban J connectivity index is 1.25. The molecule has 0 N–H and O–H groups in total. The molecular weight excluding hydrogens is 612 g/mol. The zero-order valence-electron chi connectivity index (χ0n) is 24.5. The van der Waals surface area contributed by atoms with Crippen molar-refractivity contribution in [2.45, 2.75) is 0 Å². The van der Waals surface area contributed by atoms with E-state index in [1.807, 2.05) is 0 Å². The van der Waals surface area contributed by atoms with Gasteiger partial charge in [0.05, 0.1) is 0 Å². The lowest BCUT2D eigenvalue weighted by Crippen LogP contribution is -2.03. The van der Waals surface area contributed by atoms with E-state index >= 15 is 0 Å². The fourth-order valence-electron chi connectivity index (χ4n) is 4.53.